The summed E-state index contributed by atoms with van der Waals surface area (Å²) in [6, 6.07) is 0. The van der Waals surface area contributed by atoms with Gasteiger partial charge < -0.3 is 4.79 Å². The van der Waals surface area contributed by atoms with Gasteiger partial charge in [-0.1, -0.05) is 11.6 Å². The lowest BCUT2D eigenvalue weighted by molar-refractivity contribution is -0.111. The maximum atomic E-state index is 10.6. The SMILES string of the molecule is CC=C1CC2CC(C=O)C1C2. The molecule has 1 heteroatoms. The zero-order chi connectivity index (χ0) is 7.84. The van der Waals surface area contributed by atoms with Gasteiger partial charge in [-0.15, -0.1) is 0 Å². The molecule has 1 nitrogen and oxygen atoms in total. The Bertz CT molecular complexity index is 205. The minimum absolute atomic E-state index is 0.361. The van der Waals surface area contributed by atoms with Crippen molar-refractivity contribution >= 4 is 6.29 Å². The number of hydrogen-bond acceptors (Lipinski definition) is 1. The van der Waals surface area contributed by atoms with Gasteiger partial charge in [-0.25, -0.2) is 0 Å². The van der Waals surface area contributed by atoms with Crippen molar-refractivity contribution in [2.24, 2.45) is 17.8 Å². The molecule has 11 heavy (non-hydrogen) atoms. The molecule has 0 aromatic rings. The molecule has 2 bridgehead atoms. The zero-order valence-corrected chi connectivity index (χ0v) is 6.92. The Morgan fingerprint density at radius 3 is 2.82 bits per heavy atom. The van der Waals surface area contributed by atoms with E-state index in [0.717, 1.165) is 18.6 Å². The molecule has 3 unspecified atom stereocenters. The van der Waals surface area contributed by atoms with E-state index in [1.54, 1.807) is 5.57 Å². The lowest BCUT2D eigenvalue weighted by atomic mass is 9.86. The zero-order valence-electron chi connectivity index (χ0n) is 6.92. The lowest BCUT2D eigenvalue weighted by Gasteiger charge is -2.18. The summed E-state index contributed by atoms with van der Waals surface area (Å²) in [6.45, 7) is 2.10. The lowest BCUT2D eigenvalue weighted by Crippen LogP contribution is -2.13. The third kappa shape index (κ3) is 0.943. The molecule has 2 saturated carbocycles. The summed E-state index contributed by atoms with van der Waals surface area (Å²) in [5.74, 6) is 1.82. The van der Waals surface area contributed by atoms with Crippen molar-refractivity contribution in [1.82, 2.24) is 0 Å². The van der Waals surface area contributed by atoms with Crippen LogP contribution in [0.4, 0.5) is 0 Å². The number of rotatable bonds is 1. The van der Waals surface area contributed by atoms with E-state index in [9.17, 15) is 4.79 Å². The molecule has 0 radical (unpaired) electrons. The molecule has 0 N–H and O–H groups in total. The summed E-state index contributed by atoms with van der Waals surface area (Å²) in [5.41, 5.74) is 1.54. The van der Waals surface area contributed by atoms with Gasteiger partial charge >= 0.3 is 0 Å². The maximum absolute atomic E-state index is 10.6. The monoisotopic (exact) mass is 150 g/mol. The molecule has 3 atom stereocenters. The van der Waals surface area contributed by atoms with Crippen LogP contribution >= 0.6 is 0 Å². The van der Waals surface area contributed by atoms with Crippen molar-refractivity contribution in [2.75, 3.05) is 0 Å². The number of hydrogen-bond donors (Lipinski definition) is 0. The molecule has 0 spiro atoms. The summed E-state index contributed by atoms with van der Waals surface area (Å²) < 4.78 is 0. The molecule has 0 heterocycles. The predicted octanol–water partition coefficient (Wildman–Crippen LogP) is 2.18. The summed E-state index contributed by atoms with van der Waals surface area (Å²) in [4.78, 5) is 10.6. The van der Waals surface area contributed by atoms with Gasteiger partial charge in [-0.3, -0.25) is 0 Å². The normalized spacial score (nSPS) is 45.2. The van der Waals surface area contributed by atoms with E-state index in [-0.39, 0.29) is 0 Å². The van der Waals surface area contributed by atoms with E-state index < -0.39 is 0 Å². The van der Waals surface area contributed by atoms with Crippen LogP contribution in [0.2, 0.25) is 0 Å². The van der Waals surface area contributed by atoms with Crippen molar-refractivity contribution in [1.29, 1.82) is 0 Å². The Morgan fingerprint density at radius 1 is 1.45 bits per heavy atom. The molecule has 0 aromatic carbocycles. The molecule has 2 aliphatic rings. The fourth-order valence-corrected chi connectivity index (χ4v) is 2.74. The largest absolute Gasteiger partial charge is 0.303 e. The first kappa shape index (κ1) is 7.08. The highest BCUT2D eigenvalue weighted by molar-refractivity contribution is 5.57. The van der Waals surface area contributed by atoms with E-state index >= 15 is 0 Å². The minimum atomic E-state index is 0.361. The van der Waals surface area contributed by atoms with Crippen LogP contribution in [0.3, 0.4) is 0 Å². The van der Waals surface area contributed by atoms with Crippen LogP contribution in [-0.2, 0) is 4.79 Å². The minimum Gasteiger partial charge on any atom is -0.303 e. The number of allylic oxidation sites excluding steroid dienone is 2. The van der Waals surface area contributed by atoms with Crippen LogP contribution in [0.5, 0.6) is 0 Å². The average Bonchev–Trinajstić information content (AvgIpc) is 2.60. The third-order valence-electron chi connectivity index (χ3n) is 3.26. The average molecular weight is 150 g/mol. The van der Waals surface area contributed by atoms with Crippen LogP contribution in [0.25, 0.3) is 0 Å². The first-order chi connectivity index (χ1) is 5.35. The van der Waals surface area contributed by atoms with E-state index in [4.69, 9.17) is 0 Å². The summed E-state index contributed by atoms with van der Waals surface area (Å²) in [5, 5.41) is 0. The maximum Gasteiger partial charge on any atom is 0.123 e. The molecule has 0 saturated heterocycles. The smallest absolute Gasteiger partial charge is 0.123 e. The van der Waals surface area contributed by atoms with Crippen molar-refractivity contribution in [2.45, 2.75) is 26.2 Å². The van der Waals surface area contributed by atoms with Gasteiger partial charge in [0.15, 0.2) is 0 Å². The highest BCUT2D eigenvalue weighted by atomic mass is 16.1. The highest BCUT2D eigenvalue weighted by Gasteiger charge is 2.41. The standard InChI is InChI=1S/C10H14O/c1-2-8-3-7-4-9(6-11)10(8)5-7/h2,6-7,9-10H,3-5H2,1H3. The van der Waals surface area contributed by atoms with E-state index in [2.05, 4.69) is 13.0 Å². The van der Waals surface area contributed by atoms with Crippen molar-refractivity contribution in [3.63, 3.8) is 0 Å². The molecule has 2 fully saturated rings. The van der Waals surface area contributed by atoms with Gasteiger partial charge in [-0.2, -0.15) is 0 Å². The number of carbonyl (C=O) groups excluding carboxylic acids is 1. The molecule has 60 valence electrons. The van der Waals surface area contributed by atoms with Crippen LogP contribution in [-0.4, -0.2) is 6.29 Å². The van der Waals surface area contributed by atoms with Gasteiger partial charge in [-0.05, 0) is 38.0 Å². The molecule has 0 aromatic heterocycles. The second-order valence-electron chi connectivity index (χ2n) is 3.81. The fraction of sp³-hybridized carbons (Fsp3) is 0.700. The summed E-state index contributed by atoms with van der Waals surface area (Å²) in [7, 11) is 0. The predicted molar refractivity (Wildman–Crippen MR) is 44.1 cm³/mol. The van der Waals surface area contributed by atoms with Gasteiger partial charge in [0.25, 0.3) is 0 Å². The number of aldehydes is 1. The van der Waals surface area contributed by atoms with Gasteiger partial charge in [0.1, 0.15) is 6.29 Å². The molecular weight excluding hydrogens is 136 g/mol. The van der Waals surface area contributed by atoms with Crippen LogP contribution in [0.1, 0.15) is 26.2 Å². The van der Waals surface area contributed by atoms with Gasteiger partial charge in [0, 0.05) is 5.92 Å². The second kappa shape index (κ2) is 2.47. The number of fused-ring (bicyclic) bond motifs is 2. The molecule has 2 rings (SSSR count). The van der Waals surface area contributed by atoms with E-state index in [0.29, 0.717) is 11.8 Å². The van der Waals surface area contributed by atoms with Crippen molar-refractivity contribution in [3.8, 4) is 0 Å². The first-order valence-electron chi connectivity index (χ1n) is 4.45. The highest BCUT2D eigenvalue weighted by Crippen LogP contribution is 2.50. The molecule has 2 aliphatic carbocycles. The Hall–Kier alpha value is -0.590. The Morgan fingerprint density at radius 2 is 2.27 bits per heavy atom. The van der Waals surface area contributed by atoms with E-state index in [1.807, 2.05) is 0 Å². The number of carbonyl (C=O) groups is 1. The second-order valence-corrected chi connectivity index (χ2v) is 3.81. The van der Waals surface area contributed by atoms with Crippen LogP contribution < -0.4 is 0 Å². The van der Waals surface area contributed by atoms with Gasteiger partial charge in [0.2, 0.25) is 0 Å². The fourth-order valence-electron chi connectivity index (χ4n) is 2.74. The van der Waals surface area contributed by atoms with Crippen molar-refractivity contribution < 1.29 is 4.79 Å². The summed E-state index contributed by atoms with van der Waals surface area (Å²) in [6.07, 6.45) is 7.08. The molecule has 0 amide bonds. The van der Waals surface area contributed by atoms with Crippen LogP contribution in [0, 0.1) is 17.8 Å². The van der Waals surface area contributed by atoms with Gasteiger partial charge in [0.05, 0.1) is 0 Å². The topological polar surface area (TPSA) is 17.1 Å². The molecule has 0 aliphatic heterocycles. The third-order valence-corrected chi connectivity index (χ3v) is 3.26. The Labute approximate surface area is 67.5 Å². The van der Waals surface area contributed by atoms with E-state index in [1.165, 1.54) is 12.8 Å². The first-order valence-corrected chi connectivity index (χ1v) is 4.45. The quantitative estimate of drug-likeness (QED) is 0.413. The van der Waals surface area contributed by atoms with Crippen molar-refractivity contribution in [3.05, 3.63) is 11.6 Å². The van der Waals surface area contributed by atoms with Crippen LogP contribution in [0.15, 0.2) is 11.6 Å². The molecular formula is C10H14O. The summed E-state index contributed by atoms with van der Waals surface area (Å²) >= 11 is 0. The Kier molecular flexibility index (Phi) is 1.59. The Balaban J connectivity index is 2.20.